The minimum Gasteiger partial charge on any atom is -0.493 e. The average molecular weight is 292 g/mol. The van der Waals surface area contributed by atoms with Crippen molar-refractivity contribution in [2.75, 3.05) is 32.0 Å². The molecule has 21 heavy (non-hydrogen) atoms. The van der Waals surface area contributed by atoms with Crippen molar-refractivity contribution in [3.8, 4) is 5.75 Å². The summed E-state index contributed by atoms with van der Waals surface area (Å²) in [5.74, 6) is 0.853. The Morgan fingerprint density at radius 3 is 2.81 bits per heavy atom. The van der Waals surface area contributed by atoms with Crippen LogP contribution in [0.3, 0.4) is 0 Å². The summed E-state index contributed by atoms with van der Waals surface area (Å²) in [7, 11) is 0. The number of anilines is 1. The van der Waals surface area contributed by atoms with Gasteiger partial charge in [-0.25, -0.2) is 0 Å². The summed E-state index contributed by atoms with van der Waals surface area (Å²) in [6.45, 7) is 4.69. The molecule has 1 aliphatic rings. The molecule has 0 saturated carbocycles. The second kappa shape index (κ2) is 7.88. The average Bonchev–Trinajstić information content (AvgIpc) is 2.48. The van der Waals surface area contributed by atoms with Gasteiger partial charge in [0.1, 0.15) is 5.75 Å². The SMILES string of the molecule is CCOC1CCN(C(=O)CCOc2cccc(N)c2)CC1. The molecular weight excluding hydrogens is 268 g/mol. The zero-order valence-electron chi connectivity index (χ0n) is 12.6. The summed E-state index contributed by atoms with van der Waals surface area (Å²) in [6, 6.07) is 7.25. The van der Waals surface area contributed by atoms with E-state index in [4.69, 9.17) is 15.2 Å². The second-order valence-electron chi connectivity index (χ2n) is 5.21. The molecule has 0 aromatic heterocycles. The summed E-state index contributed by atoms with van der Waals surface area (Å²) in [5.41, 5.74) is 6.34. The van der Waals surface area contributed by atoms with Crippen LogP contribution in [-0.2, 0) is 9.53 Å². The maximum Gasteiger partial charge on any atom is 0.226 e. The van der Waals surface area contributed by atoms with Crippen molar-refractivity contribution < 1.29 is 14.3 Å². The molecule has 5 heteroatoms. The van der Waals surface area contributed by atoms with E-state index in [1.54, 1.807) is 12.1 Å². The predicted octanol–water partition coefficient (Wildman–Crippen LogP) is 2.07. The molecule has 0 atom stereocenters. The summed E-state index contributed by atoms with van der Waals surface area (Å²) in [6.07, 6.45) is 2.56. The lowest BCUT2D eigenvalue weighted by Gasteiger charge is -2.31. The Balaban J connectivity index is 1.68. The maximum absolute atomic E-state index is 12.1. The zero-order chi connectivity index (χ0) is 15.1. The molecule has 0 aliphatic carbocycles. The van der Waals surface area contributed by atoms with Gasteiger partial charge in [-0.3, -0.25) is 4.79 Å². The first-order valence-electron chi connectivity index (χ1n) is 7.56. The van der Waals surface area contributed by atoms with Crippen LogP contribution in [0.15, 0.2) is 24.3 Å². The molecule has 1 aliphatic heterocycles. The van der Waals surface area contributed by atoms with Crippen LogP contribution >= 0.6 is 0 Å². The quantitative estimate of drug-likeness (QED) is 0.815. The van der Waals surface area contributed by atoms with Crippen LogP contribution in [0.1, 0.15) is 26.2 Å². The number of nitrogens with two attached hydrogens (primary N) is 1. The summed E-state index contributed by atoms with van der Waals surface area (Å²) in [4.78, 5) is 14.0. The monoisotopic (exact) mass is 292 g/mol. The van der Waals surface area contributed by atoms with Crippen molar-refractivity contribution in [2.24, 2.45) is 0 Å². The third-order valence-electron chi connectivity index (χ3n) is 3.64. The fourth-order valence-corrected chi connectivity index (χ4v) is 2.53. The van der Waals surface area contributed by atoms with E-state index >= 15 is 0 Å². The van der Waals surface area contributed by atoms with E-state index in [0.717, 1.165) is 32.5 Å². The van der Waals surface area contributed by atoms with Gasteiger partial charge >= 0.3 is 0 Å². The predicted molar refractivity (Wildman–Crippen MR) is 82.2 cm³/mol. The van der Waals surface area contributed by atoms with Crippen LogP contribution < -0.4 is 10.5 Å². The Kier molecular flexibility index (Phi) is 5.87. The van der Waals surface area contributed by atoms with E-state index in [1.165, 1.54) is 0 Å². The van der Waals surface area contributed by atoms with Crippen LogP contribution in [-0.4, -0.2) is 43.2 Å². The Morgan fingerprint density at radius 2 is 2.14 bits per heavy atom. The van der Waals surface area contributed by atoms with E-state index in [0.29, 0.717) is 30.6 Å². The van der Waals surface area contributed by atoms with E-state index in [-0.39, 0.29) is 5.91 Å². The van der Waals surface area contributed by atoms with Crippen LogP contribution in [0, 0.1) is 0 Å². The Morgan fingerprint density at radius 1 is 1.38 bits per heavy atom. The van der Waals surface area contributed by atoms with Crippen molar-refractivity contribution in [1.82, 2.24) is 4.90 Å². The molecule has 0 radical (unpaired) electrons. The normalized spacial score (nSPS) is 16.0. The number of amides is 1. The highest BCUT2D eigenvalue weighted by atomic mass is 16.5. The van der Waals surface area contributed by atoms with E-state index in [1.807, 2.05) is 24.0 Å². The van der Waals surface area contributed by atoms with Crippen molar-refractivity contribution in [3.05, 3.63) is 24.3 Å². The topological polar surface area (TPSA) is 64.8 Å². The lowest BCUT2D eigenvalue weighted by Crippen LogP contribution is -2.41. The molecule has 0 spiro atoms. The molecule has 1 amide bonds. The number of nitrogen functional groups attached to an aromatic ring is 1. The first-order chi connectivity index (χ1) is 10.2. The van der Waals surface area contributed by atoms with Crippen molar-refractivity contribution >= 4 is 11.6 Å². The van der Waals surface area contributed by atoms with Crippen LogP contribution in [0.4, 0.5) is 5.69 Å². The number of benzene rings is 1. The number of rotatable bonds is 6. The highest BCUT2D eigenvalue weighted by molar-refractivity contribution is 5.76. The van der Waals surface area contributed by atoms with Gasteiger partial charge in [0.05, 0.1) is 19.1 Å². The van der Waals surface area contributed by atoms with Crippen molar-refractivity contribution in [1.29, 1.82) is 0 Å². The number of carbonyl (C=O) groups excluding carboxylic acids is 1. The summed E-state index contributed by atoms with van der Waals surface area (Å²) in [5, 5.41) is 0. The van der Waals surface area contributed by atoms with Crippen LogP contribution in [0.25, 0.3) is 0 Å². The smallest absolute Gasteiger partial charge is 0.226 e. The molecule has 1 aromatic rings. The molecule has 5 nitrogen and oxygen atoms in total. The highest BCUT2D eigenvalue weighted by Crippen LogP contribution is 2.16. The van der Waals surface area contributed by atoms with Gasteiger partial charge in [-0.15, -0.1) is 0 Å². The molecule has 116 valence electrons. The summed E-state index contributed by atoms with van der Waals surface area (Å²) >= 11 is 0. The molecular formula is C16H24N2O3. The first-order valence-corrected chi connectivity index (χ1v) is 7.56. The lowest BCUT2D eigenvalue weighted by molar-refractivity contribution is -0.134. The van der Waals surface area contributed by atoms with Gasteiger partial charge in [-0.1, -0.05) is 6.07 Å². The van der Waals surface area contributed by atoms with Crippen molar-refractivity contribution in [3.63, 3.8) is 0 Å². The molecule has 0 bridgehead atoms. The standard InChI is InChI=1S/C16H24N2O3/c1-2-20-14-6-9-18(10-7-14)16(19)8-11-21-15-5-3-4-13(17)12-15/h3-5,12,14H,2,6-11,17H2,1H3. The second-order valence-corrected chi connectivity index (χ2v) is 5.21. The van der Waals surface area contributed by atoms with Gasteiger partial charge < -0.3 is 20.1 Å². The molecule has 1 fully saturated rings. The number of hydrogen-bond acceptors (Lipinski definition) is 4. The van der Waals surface area contributed by atoms with Crippen LogP contribution in [0.2, 0.25) is 0 Å². The van der Waals surface area contributed by atoms with E-state index < -0.39 is 0 Å². The number of carbonyl (C=O) groups is 1. The molecule has 1 saturated heterocycles. The van der Waals surface area contributed by atoms with E-state index in [9.17, 15) is 4.79 Å². The number of likely N-dealkylation sites (tertiary alicyclic amines) is 1. The lowest BCUT2D eigenvalue weighted by atomic mass is 10.1. The molecule has 1 heterocycles. The first kappa shape index (κ1) is 15.6. The number of nitrogens with zero attached hydrogens (tertiary/aromatic N) is 1. The van der Waals surface area contributed by atoms with Gasteiger partial charge in [0.2, 0.25) is 5.91 Å². The molecule has 0 unspecified atom stereocenters. The minimum absolute atomic E-state index is 0.147. The zero-order valence-corrected chi connectivity index (χ0v) is 12.6. The number of piperidine rings is 1. The maximum atomic E-state index is 12.1. The van der Waals surface area contributed by atoms with Gasteiger partial charge in [0, 0.05) is 31.5 Å². The van der Waals surface area contributed by atoms with Gasteiger partial charge in [-0.05, 0) is 31.9 Å². The fraction of sp³-hybridized carbons (Fsp3) is 0.562. The fourth-order valence-electron chi connectivity index (χ4n) is 2.53. The third-order valence-corrected chi connectivity index (χ3v) is 3.64. The summed E-state index contributed by atoms with van der Waals surface area (Å²) < 4.78 is 11.1. The van der Waals surface area contributed by atoms with Gasteiger partial charge in [0.15, 0.2) is 0 Å². The minimum atomic E-state index is 0.147. The highest BCUT2D eigenvalue weighted by Gasteiger charge is 2.22. The third kappa shape index (κ3) is 4.93. The Hall–Kier alpha value is -1.75. The van der Waals surface area contributed by atoms with Gasteiger partial charge in [0.25, 0.3) is 0 Å². The van der Waals surface area contributed by atoms with E-state index in [2.05, 4.69) is 0 Å². The number of hydrogen-bond donors (Lipinski definition) is 1. The largest absolute Gasteiger partial charge is 0.493 e. The van der Waals surface area contributed by atoms with Gasteiger partial charge in [-0.2, -0.15) is 0 Å². The molecule has 2 N–H and O–H groups in total. The van der Waals surface area contributed by atoms with Crippen LogP contribution in [0.5, 0.6) is 5.75 Å². The number of ether oxygens (including phenoxy) is 2. The Labute approximate surface area is 126 Å². The molecule has 2 rings (SSSR count). The van der Waals surface area contributed by atoms with Crippen molar-refractivity contribution in [2.45, 2.75) is 32.3 Å². The Bertz CT molecular complexity index is 457. The molecule has 1 aromatic carbocycles.